The Morgan fingerprint density at radius 1 is 0.552 bits per heavy atom. The molecular formula is C60H73N15O18P3-. The maximum atomic E-state index is 14.8. The third kappa shape index (κ3) is 11.6. The predicted octanol–water partition coefficient (Wildman–Crippen LogP) is 4.63. The van der Waals surface area contributed by atoms with Gasteiger partial charge in [-0.3, -0.25) is 18.3 Å². The number of benzene rings is 3. The summed E-state index contributed by atoms with van der Waals surface area (Å²) in [5.41, 5.74) is -17.3. The zero-order valence-corrected chi connectivity index (χ0v) is 56.2. The number of anilines is 5. The molecule has 0 radical (unpaired) electrons. The van der Waals surface area contributed by atoms with Crippen LogP contribution in [0.4, 0.5) is 29.0 Å². The largest absolute Gasteiger partial charge is 0.756 e. The van der Waals surface area contributed by atoms with Crippen LogP contribution in [0.5, 0.6) is 0 Å². The molecule has 5 aromatic heterocycles. The Hall–Kier alpha value is -7.20. The van der Waals surface area contributed by atoms with Crippen LogP contribution < -0.4 is 36.0 Å². The minimum Gasteiger partial charge on any atom is -0.756 e. The number of nitrogens with zero attached hydrogens (tertiary/aromatic N) is 11. The first kappa shape index (κ1) is 68.7. The van der Waals surface area contributed by atoms with E-state index in [0.29, 0.717) is 37.0 Å². The zero-order valence-electron chi connectivity index (χ0n) is 53.5. The molecule has 0 bridgehead atoms. The van der Waals surface area contributed by atoms with E-state index in [2.05, 4.69) is 61.1 Å². The van der Waals surface area contributed by atoms with E-state index in [1.165, 1.54) is 82.3 Å². The smallest absolute Gasteiger partial charge is 0.694 e. The highest BCUT2D eigenvalue weighted by Gasteiger charge is 2.74. The summed E-state index contributed by atoms with van der Waals surface area (Å²) in [6.45, 7) is 9.23. The third-order valence-corrected chi connectivity index (χ3v) is 22.3. The highest BCUT2D eigenvalue weighted by atomic mass is 31.2. The highest BCUT2D eigenvalue weighted by Crippen LogP contribution is 2.62. The van der Waals surface area contributed by atoms with Crippen LogP contribution in [-0.4, -0.2) is 158 Å². The van der Waals surface area contributed by atoms with Crippen molar-refractivity contribution in [3.63, 3.8) is 0 Å². The van der Waals surface area contributed by atoms with Gasteiger partial charge in [0, 0.05) is 24.2 Å². The lowest BCUT2D eigenvalue weighted by Gasteiger charge is -2.46. The Kier molecular flexibility index (Phi) is 17.9. The summed E-state index contributed by atoms with van der Waals surface area (Å²) in [5, 5.41) is 63.7. The minimum atomic E-state index is -5.97. The van der Waals surface area contributed by atoms with Crippen molar-refractivity contribution in [2.75, 3.05) is 52.7 Å². The molecule has 4 aliphatic rings. The van der Waals surface area contributed by atoms with Crippen LogP contribution in [0.15, 0.2) is 123 Å². The van der Waals surface area contributed by atoms with Crippen LogP contribution >= 0.6 is 23.9 Å². The summed E-state index contributed by atoms with van der Waals surface area (Å²) >= 11 is 0. The maximum absolute atomic E-state index is 14.8. The number of imidazole rings is 2. The molecule has 3 saturated heterocycles. The number of rotatable bonds is 25. The lowest BCUT2D eigenvalue weighted by molar-refractivity contribution is -0.259. The van der Waals surface area contributed by atoms with Gasteiger partial charge in [-0.1, -0.05) is 91.0 Å². The van der Waals surface area contributed by atoms with Gasteiger partial charge in [-0.2, -0.15) is 0 Å². The van der Waals surface area contributed by atoms with E-state index in [1.54, 1.807) is 4.90 Å². The first-order valence-corrected chi connectivity index (χ1v) is 34.4. The molecule has 9 N–H and O–H groups in total. The number of hydrogen-bond donors (Lipinski definition) is 9. The summed E-state index contributed by atoms with van der Waals surface area (Å²) < 4.78 is 92.0. The average molecular weight is 1390 g/mol. The molecule has 0 amide bonds. The average Bonchev–Trinajstić information content (AvgIpc) is 1.54. The Balaban J connectivity index is 0.832. The lowest BCUT2D eigenvalue weighted by atomic mass is 9.78. The number of aromatic nitrogens is 10. The Morgan fingerprint density at radius 2 is 0.948 bits per heavy atom. The lowest BCUT2D eigenvalue weighted by Crippen LogP contribution is -2.66. The second-order valence-corrected chi connectivity index (χ2v) is 28.7. The molecule has 15 atom stereocenters. The molecule has 8 aromatic rings. The molecule has 0 spiro atoms. The van der Waals surface area contributed by atoms with E-state index in [0.717, 1.165) is 37.5 Å². The minimum absolute atomic E-state index is 0.0189. The summed E-state index contributed by atoms with van der Waals surface area (Å²) in [6, 6.07) is 28.4. The van der Waals surface area contributed by atoms with Crippen molar-refractivity contribution in [3.05, 3.63) is 139 Å². The second kappa shape index (κ2) is 25.0. The van der Waals surface area contributed by atoms with E-state index in [-0.39, 0.29) is 40.6 Å². The van der Waals surface area contributed by atoms with Crippen LogP contribution in [0, 0.1) is 0 Å². The van der Waals surface area contributed by atoms with Gasteiger partial charge in [0.25, 0.3) is 15.6 Å². The topological polar surface area (TPSA) is 437 Å². The fraction of sp³-hybridized carbons (Fsp3) is 0.467. The molecule has 3 fully saturated rings. The van der Waals surface area contributed by atoms with Crippen molar-refractivity contribution >= 4 is 75.2 Å². The standard InChI is InChI=1S/C60H74N15O18P3/c1-52(76)40(89-58(7,55(52,4)77)73-34-70-43-46(64-31-67-49(43)73)61-25-37-19-13-10-14-20-37)29-87-95(82,83)93-54(3)42(91-60(9,57(54,6)79)75-36-72-45-48(66-33-69-51(45)75)63-27-39-23-17-12-18-24-39)30-88-96(84,85)92-53(2)41(28-86-94(80)81)90-59(8,56(53,5)78)74-35-71-44-47(65-32-68-50(44)74)62-26-38-21-15-11-16-22-38/h10-24,31-33,35-36,40-42,70,76-79H,25-30,34H2,1-9H3,(H5-,61,62,63,64,65,66,67,68,69,80,81,82,83,84,85)/p-1. The fourth-order valence-corrected chi connectivity index (χ4v) is 15.5. The van der Waals surface area contributed by atoms with Gasteiger partial charge in [-0.15, -0.1) is 9.42 Å². The molecule has 9 heterocycles. The molecule has 33 nitrogen and oxygen atoms in total. The molecule has 15 unspecified atom stereocenters. The monoisotopic (exact) mass is 1380 g/mol. The molecule has 0 aliphatic carbocycles. The molecule has 0 saturated carbocycles. The number of phosphoric acid groups is 2. The number of phosphoric ester groups is 2. The molecule has 3 aromatic carbocycles. The van der Waals surface area contributed by atoms with Gasteiger partial charge in [0.15, 0.2) is 62.8 Å². The summed E-state index contributed by atoms with van der Waals surface area (Å²) in [5.74, 6) is 1.25. The number of nitrogens with one attached hydrogen (secondary N) is 4. The first-order valence-electron chi connectivity index (χ1n) is 30.3. The predicted molar refractivity (Wildman–Crippen MR) is 340 cm³/mol. The van der Waals surface area contributed by atoms with E-state index in [1.807, 2.05) is 91.0 Å². The van der Waals surface area contributed by atoms with Crippen molar-refractivity contribution in [1.29, 1.82) is 0 Å². The molecular weight excluding hydrogens is 1310 g/mol. The van der Waals surface area contributed by atoms with Crippen LogP contribution in [0.25, 0.3) is 22.3 Å². The van der Waals surface area contributed by atoms with Crippen molar-refractivity contribution in [1.82, 2.24) is 49.0 Å². The van der Waals surface area contributed by atoms with Crippen molar-refractivity contribution in [2.45, 2.75) is 151 Å². The first-order chi connectivity index (χ1) is 45.2. The van der Waals surface area contributed by atoms with Gasteiger partial charge < -0.3 is 88.7 Å². The number of hydrogen-bond acceptors (Lipinski definition) is 30. The van der Waals surface area contributed by atoms with E-state index in [9.17, 15) is 48.8 Å². The summed E-state index contributed by atoms with van der Waals surface area (Å²) in [6.07, 6.45) is 0.910. The zero-order chi connectivity index (χ0) is 68.7. The van der Waals surface area contributed by atoms with Crippen molar-refractivity contribution in [2.24, 2.45) is 0 Å². The molecule has 12 rings (SSSR count). The maximum Gasteiger partial charge on any atom is 0.694 e. The quantitative estimate of drug-likeness (QED) is 0.0352. The van der Waals surface area contributed by atoms with Gasteiger partial charge >= 0.3 is 8.25 Å². The highest BCUT2D eigenvalue weighted by molar-refractivity contribution is 7.46. The third-order valence-electron chi connectivity index (χ3n) is 19.8. The van der Waals surface area contributed by atoms with Gasteiger partial charge in [0.05, 0.1) is 32.5 Å². The fourth-order valence-electron chi connectivity index (χ4n) is 13.0. The van der Waals surface area contributed by atoms with Gasteiger partial charge in [0.1, 0.15) is 83.2 Å². The number of aliphatic hydroxyl groups is 4. The van der Waals surface area contributed by atoms with E-state index in [4.69, 9.17) is 36.8 Å². The van der Waals surface area contributed by atoms with Gasteiger partial charge in [0.2, 0.25) is 0 Å². The molecule has 512 valence electrons. The van der Waals surface area contributed by atoms with Crippen molar-refractivity contribution in [3.8, 4) is 0 Å². The SMILES string of the molecule is CC1(O)C(COP(=O)([O-])OC2(C)C(COP(=O)([O-])OC3(C)C(CO[P+](=O)O)OC(C)(n4cnc5c(NCc6ccccc6)ncnc54)C3(C)O)OC(C)(n3cnc4c(NCc5ccccc5)ncnc43)C2(C)O)OC(C)(N2CNc3c(NCc4ccccc4)ncnc32)C1(C)O. The van der Waals surface area contributed by atoms with Crippen LogP contribution in [0.3, 0.4) is 0 Å². The number of fused-ring (bicyclic) bond motifs is 3. The van der Waals surface area contributed by atoms with Gasteiger partial charge in [-0.05, 0) is 79.0 Å². The summed E-state index contributed by atoms with van der Waals surface area (Å²) in [4.78, 5) is 76.6. The van der Waals surface area contributed by atoms with E-state index < -0.39 is 113 Å². The number of ether oxygens (including phenoxy) is 3. The Bertz CT molecular complexity index is 4300. The van der Waals surface area contributed by atoms with Gasteiger partial charge in [-0.25, -0.2) is 39.9 Å². The Morgan fingerprint density at radius 3 is 1.40 bits per heavy atom. The summed E-state index contributed by atoms with van der Waals surface area (Å²) in [7, 11) is -15.2. The van der Waals surface area contributed by atoms with Crippen LogP contribution in [-0.2, 0) is 81.6 Å². The molecule has 4 aliphatic heterocycles. The van der Waals surface area contributed by atoms with Crippen molar-refractivity contribution < 1.29 is 85.6 Å². The normalized spacial score (nSPS) is 32.4. The Labute approximate surface area is 550 Å². The van der Waals surface area contributed by atoms with Crippen LogP contribution in [0.2, 0.25) is 0 Å². The van der Waals surface area contributed by atoms with Crippen LogP contribution in [0.1, 0.15) is 79.0 Å². The second-order valence-electron chi connectivity index (χ2n) is 25.3. The van der Waals surface area contributed by atoms with E-state index >= 15 is 0 Å². The molecule has 36 heteroatoms. The molecule has 96 heavy (non-hydrogen) atoms.